The highest BCUT2D eigenvalue weighted by atomic mass is 32.2. The van der Waals surface area contributed by atoms with Crippen molar-refractivity contribution in [2.75, 3.05) is 37.0 Å². The first-order valence-corrected chi connectivity index (χ1v) is 9.60. The van der Waals surface area contributed by atoms with Gasteiger partial charge < -0.3 is 10.1 Å². The van der Waals surface area contributed by atoms with Gasteiger partial charge in [-0.15, -0.1) is 0 Å². The summed E-state index contributed by atoms with van der Waals surface area (Å²) >= 11 is 0. The van der Waals surface area contributed by atoms with Crippen molar-refractivity contribution in [2.45, 2.75) is 19.4 Å². The van der Waals surface area contributed by atoms with Crippen molar-refractivity contribution < 1.29 is 22.7 Å². The first-order valence-electron chi connectivity index (χ1n) is 7.78. The van der Waals surface area contributed by atoms with Crippen molar-refractivity contribution in [3.8, 4) is 0 Å². The second-order valence-corrected chi connectivity index (χ2v) is 8.05. The smallest absolute Gasteiger partial charge is 0.338 e. The number of esters is 1. The Morgan fingerprint density at radius 3 is 2.50 bits per heavy atom. The third-order valence-corrected chi connectivity index (χ3v) is 5.65. The van der Waals surface area contributed by atoms with Gasteiger partial charge in [0.2, 0.25) is 5.91 Å². The molecule has 1 aromatic carbocycles. The average Bonchev–Trinajstić information content (AvgIpc) is 2.88. The molecule has 1 saturated heterocycles. The fourth-order valence-corrected chi connectivity index (χ4v) is 4.39. The van der Waals surface area contributed by atoms with Gasteiger partial charge in [-0.2, -0.15) is 0 Å². The number of amides is 1. The molecule has 0 aromatic heterocycles. The molecule has 0 saturated carbocycles. The zero-order chi connectivity index (χ0) is 17.7. The van der Waals surface area contributed by atoms with E-state index in [1.54, 1.807) is 43.1 Å². The van der Waals surface area contributed by atoms with Gasteiger partial charge in [-0.25, -0.2) is 13.2 Å². The average molecular weight is 354 g/mol. The third kappa shape index (κ3) is 5.04. The normalized spacial score (nSPS) is 19.2. The standard InChI is InChI=1S/C16H22N2O5S/c1-3-23-16(20)12-4-6-13(7-5-12)17-15(19)10-18(2)14-8-9-24(21,22)11-14/h4-7,14H,3,8-11H2,1-2H3,(H,17,19). The van der Waals surface area contributed by atoms with Crippen LogP contribution in [0, 0.1) is 0 Å². The van der Waals surface area contributed by atoms with Crippen molar-refractivity contribution >= 4 is 27.4 Å². The Bertz CT molecular complexity index is 700. The molecular formula is C16H22N2O5S. The van der Waals surface area contributed by atoms with Crippen molar-refractivity contribution in [1.82, 2.24) is 4.90 Å². The summed E-state index contributed by atoms with van der Waals surface area (Å²) in [6.07, 6.45) is 0.556. The lowest BCUT2D eigenvalue weighted by Gasteiger charge is -2.22. The molecule has 1 heterocycles. The highest BCUT2D eigenvalue weighted by molar-refractivity contribution is 7.91. The molecule has 2 rings (SSSR count). The molecule has 24 heavy (non-hydrogen) atoms. The minimum atomic E-state index is -2.97. The van der Waals surface area contributed by atoms with E-state index in [1.165, 1.54) is 0 Å². The van der Waals surface area contributed by atoms with E-state index in [-0.39, 0.29) is 30.0 Å². The number of carbonyl (C=O) groups excluding carboxylic acids is 2. The van der Waals surface area contributed by atoms with Crippen LogP contribution in [0.5, 0.6) is 0 Å². The predicted octanol–water partition coefficient (Wildman–Crippen LogP) is 0.921. The number of hydrogen-bond donors (Lipinski definition) is 1. The highest BCUT2D eigenvalue weighted by Gasteiger charge is 2.31. The summed E-state index contributed by atoms with van der Waals surface area (Å²) in [5, 5.41) is 2.73. The van der Waals surface area contributed by atoms with Gasteiger partial charge in [0.1, 0.15) is 0 Å². The highest BCUT2D eigenvalue weighted by Crippen LogP contribution is 2.16. The van der Waals surface area contributed by atoms with Gasteiger partial charge in [-0.3, -0.25) is 9.69 Å². The Morgan fingerprint density at radius 1 is 1.29 bits per heavy atom. The van der Waals surface area contributed by atoms with Gasteiger partial charge in [0.25, 0.3) is 0 Å². The number of sulfone groups is 1. The molecule has 0 bridgehead atoms. The topological polar surface area (TPSA) is 92.8 Å². The van der Waals surface area contributed by atoms with Crippen molar-refractivity contribution in [2.24, 2.45) is 0 Å². The number of likely N-dealkylation sites (N-methyl/N-ethyl adjacent to an activating group) is 1. The van der Waals surface area contributed by atoms with Crippen LogP contribution in [0.3, 0.4) is 0 Å². The van der Waals surface area contributed by atoms with Crippen LogP contribution in [0.15, 0.2) is 24.3 Å². The van der Waals surface area contributed by atoms with Crippen LogP contribution >= 0.6 is 0 Å². The van der Waals surface area contributed by atoms with Crippen LogP contribution in [-0.4, -0.2) is 62.9 Å². The second-order valence-electron chi connectivity index (χ2n) is 5.82. The summed E-state index contributed by atoms with van der Waals surface area (Å²) in [7, 11) is -1.23. The zero-order valence-corrected chi connectivity index (χ0v) is 14.6. The van der Waals surface area contributed by atoms with E-state index >= 15 is 0 Å². The first kappa shape index (κ1) is 18.4. The number of nitrogens with zero attached hydrogens (tertiary/aromatic N) is 1. The summed E-state index contributed by atoms with van der Waals surface area (Å²) < 4.78 is 27.9. The van der Waals surface area contributed by atoms with Gasteiger partial charge in [-0.1, -0.05) is 0 Å². The summed E-state index contributed by atoms with van der Waals surface area (Å²) in [5.74, 6) is -0.354. The first-order chi connectivity index (χ1) is 11.3. The molecule has 1 fully saturated rings. The van der Waals surface area contributed by atoms with Crippen molar-refractivity contribution in [3.05, 3.63) is 29.8 Å². The maximum atomic E-state index is 12.1. The Labute approximate surface area is 141 Å². The van der Waals surface area contributed by atoms with E-state index in [0.29, 0.717) is 24.3 Å². The number of hydrogen-bond acceptors (Lipinski definition) is 6. The lowest BCUT2D eigenvalue weighted by molar-refractivity contribution is -0.117. The summed E-state index contributed by atoms with van der Waals surface area (Å²) in [6.45, 7) is 2.15. The molecule has 0 spiro atoms. The molecule has 7 nitrogen and oxygen atoms in total. The number of anilines is 1. The third-order valence-electron chi connectivity index (χ3n) is 3.90. The largest absolute Gasteiger partial charge is 0.462 e. The number of rotatable bonds is 6. The Hall–Kier alpha value is -1.93. The Balaban J connectivity index is 1.87. The molecule has 1 N–H and O–H groups in total. The van der Waals surface area contributed by atoms with E-state index < -0.39 is 15.8 Å². The molecule has 1 unspecified atom stereocenters. The lowest BCUT2D eigenvalue weighted by atomic mass is 10.2. The van der Waals surface area contributed by atoms with E-state index in [4.69, 9.17) is 4.74 Å². The van der Waals surface area contributed by atoms with Gasteiger partial charge in [-0.05, 0) is 44.7 Å². The minimum absolute atomic E-state index is 0.102. The van der Waals surface area contributed by atoms with Crippen LogP contribution < -0.4 is 5.32 Å². The van der Waals surface area contributed by atoms with E-state index in [1.807, 2.05) is 0 Å². The van der Waals surface area contributed by atoms with Crippen LogP contribution in [-0.2, 0) is 19.4 Å². The summed E-state index contributed by atoms with van der Waals surface area (Å²) in [4.78, 5) is 25.4. The molecule has 8 heteroatoms. The summed E-state index contributed by atoms with van der Waals surface area (Å²) in [6, 6.07) is 6.31. The van der Waals surface area contributed by atoms with Crippen LogP contribution in [0.25, 0.3) is 0 Å². The number of benzene rings is 1. The van der Waals surface area contributed by atoms with E-state index in [0.717, 1.165) is 0 Å². The monoisotopic (exact) mass is 354 g/mol. The fourth-order valence-electron chi connectivity index (χ4n) is 2.58. The van der Waals surface area contributed by atoms with Crippen LogP contribution in [0.1, 0.15) is 23.7 Å². The van der Waals surface area contributed by atoms with E-state index in [2.05, 4.69) is 5.32 Å². The molecule has 0 aliphatic carbocycles. The zero-order valence-electron chi connectivity index (χ0n) is 13.8. The maximum absolute atomic E-state index is 12.1. The Kier molecular flexibility index (Phi) is 5.95. The van der Waals surface area contributed by atoms with Crippen LogP contribution in [0.4, 0.5) is 5.69 Å². The fraction of sp³-hybridized carbons (Fsp3) is 0.500. The SMILES string of the molecule is CCOC(=O)c1ccc(NC(=O)CN(C)C2CCS(=O)(=O)C2)cc1. The van der Waals surface area contributed by atoms with Crippen molar-refractivity contribution in [3.63, 3.8) is 0 Å². The van der Waals surface area contributed by atoms with Gasteiger partial charge in [0.15, 0.2) is 9.84 Å². The second kappa shape index (κ2) is 7.76. The Morgan fingerprint density at radius 2 is 1.96 bits per heavy atom. The molecule has 1 aromatic rings. The predicted molar refractivity (Wildman–Crippen MR) is 90.7 cm³/mol. The van der Waals surface area contributed by atoms with Gasteiger partial charge >= 0.3 is 5.97 Å². The number of ether oxygens (including phenoxy) is 1. The minimum Gasteiger partial charge on any atom is -0.462 e. The van der Waals surface area contributed by atoms with Gasteiger partial charge in [0, 0.05) is 11.7 Å². The number of carbonyl (C=O) groups is 2. The molecule has 1 atom stereocenters. The van der Waals surface area contributed by atoms with Crippen LogP contribution in [0.2, 0.25) is 0 Å². The molecule has 0 radical (unpaired) electrons. The molecule has 1 amide bonds. The molecule has 132 valence electrons. The molecular weight excluding hydrogens is 332 g/mol. The molecule has 1 aliphatic heterocycles. The van der Waals surface area contributed by atoms with Gasteiger partial charge in [0.05, 0.1) is 30.2 Å². The quantitative estimate of drug-likeness (QED) is 0.764. The van der Waals surface area contributed by atoms with E-state index in [9.17, 15) is 18.0 Å². The number of nitrogens with one attached hydrogen (secondary N) is 1. The lowest BCUT2D eigenvalue weighted by Crippen LogP contribution is -2.38. The summed E-state index contributed by atoms with van der Waals surface area (Å²) in [5.41, 5.74) is 0.989. The van der Waals surface area contributed by atoms with Crippen molar-refractivity contribution in [1.29, 1.82) is 0 Å². The maximum Gasteiger partial charge on any atom is 0.338 e. The molecule has 1 aliphatic rings.